The summed E-state index contributed by atoms with van der Waals surface area (Å²) in [5.74, 6) is 0. The van der Waals surface area contributed by atoms with Crippen LogP contribution in [0.3, 0.4) is 0 Å². The molecule has 5 heteroatoms. The molecule has 1 aromatic rings. The van der Waals surface area contributed by atoms with Gasteiger partial charge in [0.25, 0.3) is 5.69 Å². The molecule has 1 aliphatic rings. The number of benzene rings is 1. The van der Waals surface area contributed by atoms with E-state index in [2.05, 4.69) is 10.2 Å². The van der Waals surface area contributed by atoms with Gasteiger partial charge in [0, 0.05) is 25.2 Å². The first-order chi connectivity index (χ1) is 8.11. The molecule has 1 fully saturated rings. The monoisotopic (exact) mass is 235 g/mol. The smallest absolute Gasteiger partial charge is 0.292 e. The maximum Gasteiger partial charge on any atom is 0.292 e. The van der Waals surface area contributed by atoms with Crippen molar-refractivity contribution in [2.45, 2.75) is 19.4 Å². The van der Waals surface area contributed by atoms with Crippen LogP contribution in [0.4, 0.5) is 11.4 Å². The molecule has 0 bridgehead atoms. The van der Waals surface area contributed by atoms with E-state index >= 15 is 0 Å². The van der Waals surface area contributed by atoms with Crippen molar-refractivity contribution in [2.75, 3.05) is 25.0 Å². The van der Waals surface area contributed by atoms with E-state index in [1.165, 1.54) is 0 Å². The summed E-state index contributed by atoms with van der Waals surface area (Å²) < 4.78 is 0. The van der Waals surface area contributed by atoms with Gasteiger partial charge in [-0.25, -0.2) is 0 Å². The molecule has 1 heterocycles. The quantitative estimate of drug-likeness (QED) is 0.640. The fraction of sp³-hybridized carbons (Fsp3) is 0.500. The van der Waals surface area contributed by atoms with E-state index < -0.39 is 0 Å². The lowest BCUT2D eigenvalue weighted by Crippen LogP contribution is -2.29. The average molecular weight is 235 g/mol. The summed E-state index contributed by atoms with van der Waals surface area (Å²) >= 11 is 0. The van der Waals surface area contributed by atoms with E-state index in [1.54, 1.807) is 12.1 Å². The van der Waals surface area contributed by atoms with Gasteiger partial charge in [-0.3, -0.25) is 10.1 Å². The summed E-state index contributed by atoms with van der Waals surface area (Å²) in [6.45, 7) is 3.66. The van der Waals surface area contributed by atoms with Gasteiger partial charge in [0.15, 0.2) is 0 Å². The van der Waals surface area contributed by atoms with Crippen LogP contribution in [0.15, 0.2) is 18.2 Å². The van der Waals surface area contributed by atoms with Crippen molar-refractivity contribution in [1.29, 1.82) is 0 Å². The van der Waals surface area contributed by atoms with Crippen molar-refractivity contribution in [3.63, 3.8) is 0 Å². The van der Waals surface area contributed by atoms with E-state index in [4.69, 9.17) is 0 Å². The number of hydrogen-bond donors (Lipinski definition) is 1. The Morgan fingerprint density at radius 2 is 2.29 bits per heavy atom. The van der Waals surface area contributed by atoms with Gasteiger partial charge in [-0.2, -0.15) is 0 Å². The maximum absolute atomic E-state index is 11.0. The molecule has 1 saturated heterocycles. The molecule has 1 unspecified atom stereocenters. The number of nitrogens with one attached hydrogen (secondary N) is 1. The van der Waals surface area contributed by atoms with Gasteiger partial charge < -0.3 is 10.2 Å². The fourth-order valence-electron chi connectivity index (χ4n) is 2.26. The van der Waals surface area contributed by atoms with E-state index in [0.717, 1.165) is 30.8 Å². The normalized spacial score (nSPS) is 19.6. The van der Waals surface area contributed by atoms with E-state index in [0.29, 0.717) is 6.04 Å². The first kappa shape index (κ1) is 11.9. The highest BCUT2D eigenvalue weighted by atomic mass is 16.6. The van der Waals surface area contributed by atoms with Crippen LogP contribution in [-0.4, -0.2) is 31.1 Å². The summed E-state index contributed by atoms with van der Waals surface area (Å²) in [5, 5.41) is 14.2. The van der Waals surface area contributed by atoms with Gasteiger partial charge >= 0.3 is 0 Å². The molecule has 17 heavy (non-hydrogen) atoms. The Kier molecular flexibility index (Phi) is 3.28. The lowest BCUT2D eigenvalue weighted by Gasteiger charge is -2.18. The lowest BCUT2D eigenvalue weighted by molar-refractivity contribution is -0.384. The summed E-state index contributed by atoms with van der Waals surface area (Å²) in [5.41, 5.74) is 2.00. The van der Waals surface area contributed by atoms with Crippen molar-refractivity contribution in [1.82, 2.24) is 5.32 Å². The Labute approximate surface area is 101 Å². The zero-order valence-corrected chi connectivity index (χ0v) is 10.1. The number of nitrogens with zero attached hydrogens (tertiary/aromatic N) is 2. The predicted octanol–water partition coefficient (Wildman–Crippen LogP) is 1.70. The van der Waals surface area contributed by atoms with Gasteiger partial charge in [-0.15, -0.1) is 0 Å². The topological polar surface area (TPSA) is 58.4 Å². The molecule has 1 N–H and O–H groups in total. The van der Waals surface area contributed by atoms with Gasteiger partial charge in [0.05, 0.1) is 4.92 Å². The first-order valence-corrected chi connectivity index (χ1v) is 5.79. The van der Waals surface area contributed by atoms with Crippen molar-refractivity contribution in [3.05, 3.63) is 33.9 Å². The van der Waals surface area contributed by atoms with Crippen molar-refractivity contribution < 1.29 is 4.92 Å². The van der Waals surface area contributed by atoms with Crippen LogP contribution in [0.5, 0.6) is 0 Å². The molecule has 92 valence electrons. The summed E-state index contributed by atoms with van der Waals surface area (Å²) in [7, 11) is 1.93. The second kappa shape index (κ2) is 4.71. The second-order valence-corrected chi connectivity index (χ2v) is 4.47. The molecule has 5 nitrogen and oxygen atoms in total. The summed E-state index contributed by atoms with van der Waals surface area (Å²) in [4.78, 5) is 12.8. The van der Waals surface area contributed by atoms with Gasteiger partial charge in [0.2, 0.25) is 0 Å². The van der Waals surface area contributed by atoms with Crippen LogP contribution in [0.1, 0.15) is 12.0 Å². The van der Waals surface area contributed by atoms with Crippen LogP contribution in [-0.2, 0) is 0 Å². The average Bonchev–Trinajstić information content (AvgIpc) is 2.76. The number of aryl methyl sites for hydroxylation is 1. The number of nitro benzene ring substituents is 1. The third-order valence-electron chi connectivity index (χ3n) is 3.26. The highest BCUT2D eigenvalue weighted by Gasteiger charge is 2.26. The Balaban J connectivity index is 2.31. The van der Waals surface area contributed by atoms with Crippen LogP contribution in [0.25, 0.3) is 0 Å². The maximum atomic E-state index is 11.0. The standard InChI is InChI=1S/C12H17N3O2/c1-9-3-4-11(15(16)17)12(7-9)14-6-5-10(8-14)13-2/h3-4,7,10,13H,5-6,8H2,1-2H3. The molecule has 1 aliphatic heterocycles. The molecule has 1 aromatic carbocycles. The number of anilines is 1. The minimum Gasteiger partial charge on any atom is -0.364 e. The molecule has 2 rings (SSSR count). The van der Waals surface area contributed by atoms with Crippen LogP contribution in [0, 0.1) is 17.0 Å². The van der Waals surface area contributed by atoms with Crippen molar-refractivity contribution in [3.8, 4) is 0 Å². The minimum absolute atomic E-state index is 0.201. The van der Waals surface area contributed by atoms with Crippen LogP contribution in [0.2, 0.25) is 0 Å². The minimum atomic E-state index is -0.304. The molecular weight excluding hydrogens is 218 g/mol. The first-order valence-electron chi connectivity index (χ1n) is 5.79. The zero-order chi connectivity index (χ0) is 12.4. The van der Waals surface area contributed by atoms with Gasteiger partial charge in [0.1, 0.15) is 5.69 Å². The molecule has 0 amide bonds. The molecule has 0 saturated carbocycles. The molecule has 1 atom stereocenters. The largest absolute Gasteiger partial charge is 0.364 e. The van der Waals surface area contributed by atoms with E-state index in [-0.39, 0.29) is 10.6 Å². The van der Waals surface area contributed by atoms with Crippen LogP contribution >= 0.6 is 0 Å². The Morgan fingerprint density at radius 3 is 2.88 bits per heavy atom. The summed E-state index contributed by atoms with van der Waals surface area (Å²) in [6.07, 6.45) is 1.03. The van der Waals surface area contributed by atoms with Gasteiger partial charge in [-0.1, -0.05) is 6.07 Å². The number of hydrogen-bond acceptors (Lipinski definition) is 4. The second-order valence-electron chi connectivity index (χ2n) is 4.47. The Bertz CT molecular complexity index is 434. The highest BCUT2D eigenvalue weighted by molar-refractivity contribution is 5.65. The zero-order valence-electron chi connectivity index (χ0n) is 10.1. The van der Waals surface area contributed by atoms with Crippen molar-refractivity contribution >= 4 is 11.4 Å². The van der Waals surface area contributed by atoms with Gasteiger partial charge in [-0.05, 0) is 32.0 Å². The molecule has 0 aliphatic carbocycles. The fourth-order valence-corrected chi connectivity index (χ4v) is 2.26. The highest BCUT2D eigenvalue weighted by Crippen LogP contribution is 2.31. The Morgan fingerprint density at radius 1 is 1.53 bits per heavy atom. The lowest BCUT2D eigenvalue weighted by atomic mass is 10.2. The SMILES string of the molecule is CNC1CCN(c2cc(C)ccc2[N+](=O)[O-])C1. The number of rotatable bonds is 3. The number of likely N-dealkylation sites (N-methyl/N-ethyl adjacent to an activating group) is 1. The summed E-state index contributed by atoms with van der Waals surface area (Å²) in [6, 6.07) is 5.70. The third kappa shape index (κ3) is 2.39. The molecule has 0 radical (unpaired) electrons. The number of nitro groups is 1. The molecule has 0 spiro atoms. The predicted molar refractivity (Wildman–Crippen MR) is 67.5 cm³/mol. The van der Waals surface area contributed by atoms with E-state index in [1.807, 2.05) is 20.0 Å². The third-order valence-corrected chi connectivity index (χ3v) is 3.26. The van der Waals surface area contributed by atoms with Crippen molar-refractivity contribution in [2.24, 2.45) is 0 Å². The van der Waals surface area contributed by atoms with Crippen LogP contribution < -0.4 is 10.2 Å². The molecule has 0 aromatic heterocycles. The van der Waals surface area contributed by atoms with E-state index in [9.17, 15) is 10.1 Å². The molecular formula is C12H17N3O2. The Hall–Kier alpha value is -1.62.